The predicted molar refractivity (Wildman–Crippen MR) is 126 cm³/mol. The Morgan fingerprint density at radius 1 is 1.11 bits per heavy atom. The number of pyridine rings is 1. The van der Waals surface area contributed by atoms with Gasteiger partial charge in [-0.2, -0.15) is 0 Å². The minimum atomic E-state index is 0.433. The van der Waals surface area contributed by atoms with Gasteiger partial charge in [-0.1, -0.05) is 50.3 Å². The molecule has 4 heteroatoms. The number of nitrogens with one attached hydrogen (secondary N) is 1. The molecule has 0 amide bonds. The van der Waals surface area contributed by atoms with E-state index in [0.29, 0.717) is 5.92 Å². The fourth-order valence-corrected chi connectivity index (χ4v) is 2.91. The highest BCUT2D eigenvalue weighted by atomic mass is 32.1. The molecule has 0 aliphatic rings. The molecule has 0 aliphatic heterocycles. The van der Waals surface area contributed by atoms with Crippen molar-refractivity contribution in [2.45, 2.75) is 40.5 Å². The predicted octanol–water partition coefficient (Wildman–Crippen LogP) is 6.23. The van der Waals surface area contributed by atoms with Gasteiger partial charge in [0.1, 0.15) is 0 Å². The van der Waals surface area contributed by atoms with E-state index in [1.54, 1.807) is 0 Å². The number of benzene rings is 2. The van der Waals surface area contributed by atoms with E-state index in [2.05, 4.69) is 50.1 Å². The third kappa shape index (κ3) is 5.89. The molecule has 0 saturated heterocycles. The van der Waals surface area contributed by atoms with Crippen molar-refractivity contribution >= 4 is 39.4 Å². The number of fused-ring (bicyclic) bond motifs is 1. The van der Waals surface area contributed by atoms with Crippen molar-refractivity contribution in [3.8, 4) is 0 Å². The second kappa shape index (κ2) is 10.00. The number of nitrogens with zero attached hydrogens (tertiary/aromatic N) is 1. The summed E-state index contributed by atoms with van der Waals surface area (Å²) in [6, 6.07) is 16.3. The van der Waals surface area contributed by atoms with Crippen LogP contribution in [0, 0.1) is 6.92 Å². The molecule has 3 aromatic rings. The molecular formula is C24H29N3S. The van der Waals surface area contributed by atoms with Gasteiger partial charge in [0.2, 0.25) is 0 Å². The zero-order chi connectivity index (χ0) is 20.7. The number of thiocarbonyl (C=S) groups is 1. The van der Waals surface area contributed by atoms with Gasteiger partial charge in [0.05, 0.1) is 10.5 Å². The highest BCUT2D eigenvalue weighted by Crippen LogP contribution is 2.25. The van der Waals surface area contributed by atoms with Crippen molar-refractivity contribution in [1.82, 2.24) is 10.3 Å². The first-order valence-corrected chi connectivity index (χ1v) is 9.84. The summed E-state index contributed by atoms with van der Waals surface area (Å²) >= 11 is 4.98. The molecule has 3 N–H and O–H groups in total. The van der Waals surface area contributed by atoms with Crippen molar-refractivity contribution in [3.05, 3.63) is 77.6 Å². The van der Waals surface area contributed by atoms with Gasteiger partial charge in [-0.05, 0) is 73.2 Å². The van der Waals surface area contributed by atoms with Crippen LogP contribution in [0.25, 0.3) is 16.5 Å². The summed E-state index contributed by atoms with van der Waals surface area (Å²) in [5.41, 5.74) is 12.7. The van der Waals surface area contributed by atoms with Crippen LogP contribution in [0.4, 0.5) is 5.69 Å². The van der Waals surface area contributed by atoms with E-state index >= 15 is 0 Å². The summed E-state index contributed by atoms with van der Waals surface area (Å²) in [5, 5.41) is 4.29. The number of hydrogen-bond donors (Lipinski definition) is 2. The monoisotopic (exact) mass is 391 g/mol. The summed E-state index contributed by atoms with van der Waals surface area (Å²) in [5.74, 6) is 0.433. The quantitative estimate of drug-likeness (QED) is 0.410. The Hall–Kier alpha value is -2.72. The van der Waals surface area contributed by atoms with E-state index in [1.807, 2.05) is 55.7 Å². The maximum Gasteiger partial charge on any atom is 0.0761 e. The van der Waals surface area contributed by atoms with Crippen molar-refractivity contribution in [2.75, 3.05) is 5.73 Å². The molecule has 0 aliphatic carbocycles. The number of para-hydroxylation sites is 1. The number of aryl methyl sites for hydroxylation is 1. The average molecular weight is 392 g/mol. The Labute approximate surface area is 173 Å². The fourth-order valence-electron chi connectivity index (χ4n) is 2.85. The minimum Gasteiger partial charge on any atom is -0.398 e. The van der Waals surface area contributed by atoms with Gasteiger partial charge in [-0.25, -0.2) is 0 Å². The van der Waals surface area contributed by atoms with Gasteiger partial charge in [-0.3, -0.25) is 4.98 Å². The van der Waals surface area contributed by atoms with E-state index < -0.39 is 0 Å². The van der Waals surface area contributed by atoms with Crippen LogP contribution in [0.2, 0.25) is 0 Å². The van der Waals surface area contributed by atoms with Crippen molar-refractivity contribution in [1.29, 1.82) is 0 Å². The van der Waals surface area contributed by atoms with E-state index in [-0.39, 0.29) is 0 Å². The largest absolute Gasteiger partial charge is 0.398 e. The SMILES string of the molecule is CC(=S)N/C=C(\C)c1ccc(N)c(C(C)C)c1.Cc1ccnc2ccccc12. The zero-order valence-electron chi connectivity index (χ0n) is 17.3. The minimum absolute atomic E-state index is 0.433. The Kier molecular flexibility index (Phi) is 7.70. The van der Waals surface area contributed by atoms with Crippen LogP contribution < -0.4 is 11.1 Å². The van der Waals surface area contributed by atoms with Crippen LogP contribution >= 0.6 is 12.2 Å². The first-order valence-electron chi connectivity index (χ1n) is 9.43. The summed E-state index contributed by atoms with van der Waals surface area (Å²) in [7, 11) is 0. The number of anilines is 1. The lowest BCUT2D eigenvalue weighted by molar-refractivity contribution is 0.869. The van der Waals surface area contributed by atoms with Crippen molar-refractivity contribution in [3.63, 3.8) is 0 Å². The Morgan fingerprint density at radius 3 is 2.46 bits per heavy atom. The van der Waals surface area contributed by atoms with E-state index in [1.165, 1.54) is 22.1 Å². The second-order valence-corrected chi connectivity index (χ2v) is 7.78. The molecule has 1 heterocycles. The van der Waals surface area contributed by atoms with Gasteiger partial charge < -0.3 is 11.1 Å². The first kappa shape index (κ1) is 21.6. The molecule has 2 aromatic carbocycles. The van der Waals surface area contributed by atoms with Gasteiger partial charge in [0.15, 0.2) is 0 Å². The third-order valence-electron chi connectivity index (χ3n) is 4.52. The molecule has 0 fully saturated rings. The second-order valence-electron chi connectivity index (χ2n) is 7.17. The number of nitrogens with two attached hydrogens (primary N) is 1. The van der Waals surface area contributed by atoms with E-state index in [0.717, 1.165) is 21.8 Å². The molecule has 0 atom stereocenters. The van der Waals surface area contributed by atoms with Crippen LogP contribution in [-0.2, 0) is 0 Å². The summed E-state index contributed by atoms with van der Waals surface area (Å²) in [6.45, 7) is 10.3. The Bertz CT molecular complexity index is 985. The molecule has 3 rings (SSSR count). The molecule has 1 aromatic heterocycles. The molecule has 28 heavy (non-hydrogen) atoms. The topological polar surface area (TPSA) is 50.9 Å². The summed E-state index contributed by atoms with van der Waals surface area (Å²) < 4.78 is 0. The van der Waals surface area contributed by atoms with E-state index in [4.69, 9.17) is 18.0 Å². The van der Waals surface area contributed by atoms with Crippen LogP contribution in [0.15, 0.2) is 60.9 Å². The molecule has 3 nitrogen and oxygen atoms in total. The van der Waals surface area contributed by atoms with Crippen LogP contribution in [0.5, 0.6) is 0 Å². The van der Waals surface area contributed by atoms with Gasteiger partial charge in [0.25, 0.3) is 0 Å². The fraction of sp³-hybridized carbons (Fsp3) is 0.250. The molecule has 0 bridgehead atoms. The Morgan fingerprint density at radius 2 is 1.82 bits per heavy atom. The van der Waals surface area contributed by atoms with Crippen LogP contribution in [-0.4, -0.2) is 9.97 Å². The summed E-state index contributed by atoms with van der Waals surface area (Å²) in [4.78, 5) is 5.01. The van der Waals surface area contributed by atoms with Crippen molar-refractivity contribution in [2.24, 2.45) is 0 Å². The lowest BCUT2D eigenvalue weighted by Crippen LogP contribution is -2.10. The van der Waals surface area contributed by atoms with Crippen LogP contribution in [0.1, 0.15) is 50.3 Å². The number of nitrogen functional groups attached to an aromatic ring is 1. The maximum absolute atomic E-state index is 5.96. The van der Waals surface area contributed by atoms with Gasteiger partial charge in [0, 0.05) is 23.5 Å². The molecule has 0 saturated carbocycles. The zero-order valence-corrected chi connectivity index (χ0v) is 18.1. The number of rotatable bonds is 3. The smallest absolute Gasteiger partial charge is 0.0761 e. The average Bonchev–Trinajstić information content (AvgIpc) is 2.67. The molecule has 0 unspecified atom stereocenters. The molecular weight excluding hydrogens is 362 g/mol. The molecule has 0 radical (unpaired) electrons. The van der Waals surface area contributed by atoms with E-state index in [9.17, 15) is 0 Å². The highest BCUT2D eigenvalue weighted by molar-refractivity contribution is 7.80. The number of allylic oxidation sites excluding steroid dienone is 1. The normalized spacial score (nSPS) is 11.1. The lowest BCUT2D eigenvalue weighted by Gasteiger charge is -2.12. The van der Waals surface area contributed by atoms with Gasteiger partial charge in [-0.15, -0.1) is 0 Å². The first-order chi connectivity index (χ1) is 13.3. The van der Waals surface area contributed by atoms with Gasteiger partial charge >= 0.3 is 0 Å². The molecule has 0 spiro atoms. The maximum atomic E-state index is 5.96. The van der Waals surface area contributed by atoms with Crippen LogP contribution in [0.3, 0.4) is 0 Å². The number of hydrogen-bond acceptors (Lipinski definition) is 3. The highest BCUT2D eigenvalue weighted by Gasteiger charge is 2.06. The third-order valence-corrected chi connectivity index (χ3v) is 4.64. The Balaban J connectivity index is 0.000000218. The summed E-state index contributed by atoms with van der Waals surface area (Å²) in [6.07, 6.45) is 3.77. The lowest BCUT2D eigenvalue weighted by atomic mass is 9.96. The standard InChI is InChI=1S/C14H20N2S.C10H9N/c1-9(2)13-7-12(5-6-14(13)15)10(3)8-16-11(4)17;1-8-6-7-11-10-5-3-2-4-9(8)10/h5-9H,15H2,1-4H3,(H,16,17);2-7H,1H3/b10-8+;. The number of aromatic nitrogens is 1. The molecule has 146 valence electrons. The van der Waals surface area contributed by atoms with Crippen molar-refractivity contribution < 1.29 is 0 Å².